The molecule has 0 aliphatic heterocycles. The van der Waals surface area contributed by atoms with Crippen molar-refractivity contribution in [2.45, 2.75) is 5.79 Å². The van der Waals surface area contributed by atoms with Gasteiger partial charge in [-0.05, 0) is 24.3 Å². The van der Waals surface area contributed by atoms with Crippen LogP contribution < -0.4 is 9.47 Å². The molecule has 2 aromatic rings. The van der Waals surface area contributed by atoms with Gasteiger partial charge in [0.1, 0.15) is 11.5 Å². The molecule has 1 N–H and O–H groups in total. The Labute approximate surface area is 115 Å². The molecule has 0 saturated carbocycles. The highest BCUT2D eigenvalue weighted by Gasteiger charge is 2.45. The molecule has 2 aromatic carbocycles. The van der Waals surface area contributed by atoms with E-state index in [1.54, 1.807) is 36.4 Å². The van der Waals surface area contributed by atoms with Crippen molar-refractivity contribution in [3.63, 3.8) is 0 Å². The Hall–Kier alpha value is -2.56. The molecular formula is C15H13FO4. The van der Waals surface area contributed by atoms with Crippen molar-refractivity contribution in [1.29, 1.82) is 0 Å². The number of halogens is 1. The lowest BCUT2D eigenvalue weighted by molar-refractivity contribution is -0.189. The second-order valence-electron chi connectivity index (χ2n) is 4.02. The van der Waals surface area contributed by atoms with E-state index in [0.717, 1.165) is 0 Å². The summed E-state index contributed by atoms with van der Waals surface area (Å²) in [4.78, 5) is 11.4. The summed E-state index contributed by atoms with van der Waals surface area (Å²) in [6, 6.07) is 16.2. The first-order valence-electron chi connectivity index (χ1n) is 5.94. The Morgan fingerprint density at radius 2 is 1.35 bits per heavy atom. The zero-order valence-corrected chi connectivity index (χ0v) is 10.5. The maximum absolute atomic E-state index is 13.3. The number of hydrogen-bond donors (Lipinski definition) is 1. The van der Waals surface area contributed by atoms with E-state index in [4.69, 9.17) is 9.47 Å². The topological polar surface area (TPSA) is 55.8 Å². The van der Waals surface area contributed by atoms with E-state index in [0.29, 0.717) is 0 Å². The quantitative estimate of drug-likeness (QED) is 0.824. The fourth-order valence-corrected chi connectivity index (χ4v) is 1.58. The largest absolute Gasteiger partial charge is 0.475 e. The predicted octanol–water partition coefficient (Wildman–Crippen LogP) is 2.89. The normalized spacial score (nSPS) is 10.8. The molecule has 0 unspecified atom stereocenters. The Balaban J connectivity index is 2.28. The highest BCUT2D eigenvalue weighted by atomic mass is 19.1. The van der Waals surface area contributed by atoms with E-state index in [2.05, 4.69) is 0 Å². The molecule has 0 spiro atoms. The van der Waals surface area contributed by atoms with Gasteiger partial charge in [-0.25, -0.2) is 9.18 Å². The first kappa shape index (κ1) is 13.9. The third-order valence-corrected chi connectivity index (χ3v) is 2.55. The molecule has 0 aromatic heterocycles. The van der Waals surface area contributed by atoms with Gasteiger partial charge in [0, 0.05) is 0 Å². The summed E-state index contributed by atoms with van der Waals surface area (Å²) in [5.74, 6) is -3.51. The summed E-state index contributed by atoms with van der Waals surface area (Å²) < 4.78 is 23.7. The second-order valence-corrected chi connectivity index (χ2v) is 4.02. The van der Waals surface area contributed by atoms with Crippen molar-refractivity contribution in [2.75, 3.05) is 6.67 Å². The Kier molecular flexibility index (Phi) is 4.20. The van der Waals surface area contributed by atoms with Crippen LogP contribution in [0.5, 0.6) is 11.5 Å². The van der Waals surface area contributed by atoms with Gasteiger partial charge in [-0.3, -0.25) is 0 Å². The molecule has 0 bridgehead atoms. The minimum Gasteiger partial charge on any atom is -0.475 e. The first-order valence-corrected chi connectivity index (χ1v) is 5.94. The first-order chi connectivity index (χ1) is 9.66. The zero-order chi connectivity index (χ0) is 14.4. The van der Waals surface area contributed by atoms with E-state index in [1.807, 2.05) is 0 Å². The van der Waals surface area contributed by atoms with Crippen LogP contribution in [0.4, 0.5) is 4.39 Å². The van der Waals surface area contributed by atoms with Crippen LogP contribution >= 0.6 is 0 Å². The average Bonchev–Trinajstić information content (AvgIpc) is 2.48. The number of carboxylic acids is 1. The standard InChI is InChI=1S/C15H13FO4/c16-11-15(14(17)18,19-12-7-3-1-4-8-12)20-13-9-5-2-6-10-13/h1-10H,11H2,(H,17,18). The van der Waals surface area contributed by atoms with Gasteiger partial charge in [0.05, 0.1) is 0 Å². The fourth-order valence-electron chi connectivity index (χ4n) is 1.58. The maximum Gasteiger partial charge on any atom is 0.393 e. The van der Waals surface area contributed by atoms with Gasteiger partial charge < -0.3 is 14.6 Å². The van der Waals surface area contributed by atoms with Crippen molar-refractivity contribution in [1.82, 2.24) is 0 Å². The molecule has 0 atom stereocenters. The molecule has 0 amide bonds. The minimum absolute atomic E-state index is 0.212. The van der Waals surface area contributed by atoms with E-state index >= 15 is 0 Å². The van der Waals surface area contributed by atoms with Crippen molar-refractivity contribution < 1.29 is 23.8 Å². The van der Waals surface area contributed by atoms with Crippen molar-refractivity contribution in [2.24, 2.45) is 0 Å². The number of carbonyl (C=O) groups is 1. The van der Waals surface area contributed by atoms with Gasteiger partial charge in [-0.2, -0.15) is 0 Å². The van der Waals surface area contributed by atoms with E-state index in [1.165, 1.54) is 24.3 Å². The predicted molar refractivity (Wildman–Crippen MR) is 70.5 cm³/mol. The van der Waals surface area contributed by atoms with Crippen LogP contribution in [0.2, 0.25) is 0 Å². The monoisotopic (exact) mass is 276 g/mol. The Bertz CT molecular complexity index is 515. The summed E-state index contributed by atoms with van der Waals surface area (Å²) in [6.07, 6.45) is 0. The number of rotatable bonds is 6. The molecule has 20 heavy (non-hydrogen) atoms. The second kappa shape index (κ2) is 6.06. The summed E-state index contributed by atoms with van der Waals surface area (Å²) >= 11 is 0. The Morgan fingerprint density at radius 1 is 0.950 bits per heavy atom. The number of carboxylic acid groups (broad SMARTS) is 1. The molecule has 0 saturated heterocycles. The molecule has 0 heterocycles. The van der Waals surface area contributed by atoms with Crippen LogP contribution in [-0.4, -0.2) is 23.5 Å². The molecule has 0 aliphatic rings. The van der Waals surface area contributed by atoms with Gasteiger partial charge in [0.25, 0.3) is 0 Å². The number of aliphatic carboxylic acids is 1. The Morgan fingerprint density at radius 3 is 1.65 bits per heavy atom. The summed E-state index contributed by atoms with van der Waals surface area (Å²) in [7, 11) is 0. The number of alkyl halides is 1. The number of hydrogen-bond acceptors (Lipinski definition) is 3. The molecule has 104 valence electrons. The lowest BCUT2D eigenvalue weighted by atomic mass is 10.2. The minimum atomic E-state index is -2.40. The van der Waals surface area contributed by atoms with Gasteiger partial charge in [0.15, 0.2) is 6.67 Å². The van der Waals surface area contributed by atoms with Crippen molar-refractivity contribution in [3.8, 4) is 11.5 Å². The highest BCUT2D eigenvalue weighted by molar-refractivity contribution is 5.77. The molecular weight excluding hydrogens is 263 g/mol. The van der Waals surface area contributed by atoms with Crippen LogP contribution in [0.25, 0.3) is 0 Å². The van der Waals surface area contributed by atoms with E-state index in [9.17, 15) is 14.3 Å². The third kappa shape index (κ3) is 3.06. The molecule has 0 aliphatic carbocycles. The molecule has 0 fully saturated rings. The van der Waals surface area contributed by atoms with Gasteiger partial charge >= 0.3 is 11.8 Å². The summed E-state index contributed by atoms with van der Waals surface area (Å²) in [5, 5.41) is 9.26. The number of benzene rings is 2. The average molecular weight is 276 g/mol. The van der Waals surface area contributed by atoms with Gasteiger partial charge in [-0.1, -0.05) is 36.4 Å². The zero-order valence-electron chi connectivity index (χ0n) is 10.5. The van der Waals surface area contributed by atoms with Crippen molar-refractivity contribution in [3.05, 3.63) is 60.7 Å². The highest BCUT2D eigenvalue weighted by Crippen LogP contribution is 2.24. The van der Waals surface area contributed by atoms with Crippen LogP contribution in [0.1, 0.15) is 0 Å². The van der Waals surface area contributed by atoms with Crippen LogP contribution in [-0.2, 0) is 4.79 Å². The van der Waals surface area contributed by atoms with Crippen LogP contribution in [0.3, 0.4) is 0 Å². The van der Waals surface area contributed by atoms with Crippen LogP contribution in [0.15, 0.2) is 60.7 Å². The number of ether oxygens (including phenoxy) is 2. The maximum atomic E-state index is 13.3. The summed E-state index contributed by atoms with van der Waals surface area (Å²) in [5.41, 5.74) is 0. The smallest absolute Gasteiger partial charge is 0.393 e. The lowest BCUT2D eigenvalue weighted by Crippen LogP contribution is -2.52. The molecule has 4 nitrogen and oxygen atoms in total. The van der Waals surface area contributed by atoms with Gasteiger partial charge in [-0.15, -0.1) is 0 Å². The summed E-state index contributed by atoms with van der Waals surface area (Å²) in [6.45, 7) is -1.33. The van der Waals surface area contributed by atoms with E-state index < -0.39 is 18.4 Å². The third-order valence-electron chi connectivity index (χ3n) is 2.55. The van der Waals surface area contributed by atoms with Crippen LogP contribution in [0, 0.1) is 0 Å². The molecule has 5 heteroatoms. The van der Waals surface area contributed by atoms with E-state index in [-0.39, 0.29) is 11.5 Å². The molecule has 0 radical (unpaired) electrons. The fraction of sp³-hybridized carbons (Fsp3) is 0.133. The van der Waals surface area contributed by atoms with Gasteiger partial charge in [0.2, 0.25) is 0 Å². The van der Waals surface area contributed by atoms with Crippen molar-refractivity contribution >= 4 is 5.97 Å². The lowest BCUT2D eigenvalue weighted by Gasteiger charge is -2.28. The number of para-hydroxylation sites is 2. The molecule has 2 rings (SSSR count). The SMILES string of the molecule is O=C(O)C(CF)(Oc1ccccc1)Oc1ccccc1.